The summed E-state index contributed by atoms with van der Waals surface area (Å²) in [5.74, 6) is -0.131. The second-order valence-corrected chi connectivity index (χ2v) is 6.11. The fourth-order valence-corrected chi connectivity index (χ4v) is 2.83. The quantitative estimate of drug-likeness (QED) is 0.767. The summed E-state index contributed by atoms with van der Waals surface area (Å²) in [4.78, 5) is 12.6. The number of nitrogens with one attached hydrogen (secondary N) is 2. The molecule has 0 radical (unpaired) electrons. The van der Waals surface area contributed by atoms with Crippen molar-refractivity contribution in [2.45, 2.75) is 25.1 Å². The summed E-state index contributed by atoms with van der Waals surface area (Å²) in [6.07, 6.45) is 3.23. The van der Waals surface area contributed by atoms with Crippen LogP contribution < -0.4 is 10.6 Å². The van der Waals surface area contributed by atoms with Crippen LogP contribution in [0.3, 0.4) is 0 Å². The average Bonchev–Trinajstić information content (AvgIpc) is 2.96. The molecule has 1 heterocycles. The van der Waals surface area contributed by atoms with Gasteiger partial charge >= 0.3 is 0 Å². The zero-order valence-corrected chi connectivity index (χ0v) is 16.3. The second-order valence-electron chi connectivity index (χ2n) is 5.67. The van der Waals surface area contributed by atoms with E-state index in [1.54, 1.807) is 25.0 Å². The number of carbonyl (C=O) groups excluding carboxylic acids is 1. The molecule has 3 unspecified atom stereocenters. The first kappa shape index (κ1) is 21.4. The van der Waals surface area contributed by atoms with Crippen LogP contribution in [0.1, 0.15) is 30.2 Å². The Labute approximate surface area is 159 Å². The summed E-state index contributed by atoms with van der Waals surface area (Å²) in [5.41, 5.74) is 1.77. The molecule has 0 saturated carbocycles. The minimum absolute atomic E-state index is 0. The number of ether oxygens (including phenoxy) is 1. The number of likely N-dealkylation sites (N-methyl/N-ethyl adjacent to an activating group) is 1. The molecule has 0 bridgehead atoms. The smallest absolute Gasteiger partial charge is 0.242 e. The van der Waals surface area contributed by atoms with Crippen LogP contribution in [0.25, 0.3) is 0 Å². The van der Waals surface area contributed by atoms with Crippen LogP contribution in [0.15, 0.2) is 36.7 Å². The lowest BCUT2D eigenvalue weighted by atomic mass is 10.0. The summed E-state index contributed by atoms with van der Waals surface area (Å²) in [6.45, 7) is 1.91. The van der Waals surface area contributed by atoms with Crippen molar-refractivity contribution in [1.82, 2.24) is 20.4 Å². The van der Waals surface area contributed by atoms with Gasteiger partial charge in [0.1, 0.15) is 12.1 Å². The third-order valence-corrected chi connectivity index (χ3v) is 4.14. The summed E-state index contributed by atoms with van der Waals surface area (Å²) >= 11 is 5.93. The molecule has 0 spiro atoms. The van der Waals surface area contributed by atoms with Crippen molar-refractivity contribution in [3.05, 3.63) is 52.8 Å². The van der Waals surface area contributed by atoms with Crippen molar-refractivity contribution in [1.29, 1.82) is 0 Å². The minimum atomic E-state index is -0.469. The zero-order chi connectivity index (χ0) is 17.7. The lowest BCUT2D eigenvalue weighted by molar-refractivity contribution is -0.124. The molecule has 1 amide bonds. The molecular weight excluding hydrogens is 363 g/mol. The molecule has 0 fully saturated rings. The Kier molecular flexibility index (Phi) is 8.38. The highest BCUT2D eigenvalue weighted by atomic mass is 35.5. The fourth-order valence-electron chi connectivity index (χ4n) is 2.70. The van der Waals surface area contributed by atoms with Crippen LogP contribution in [0.5, 0.6) is 0 Å². The van der Waals surface area contributed by atoms with E-state index >= 15 is 0 Å². The van der Waals surface area contributed by atoms with E-state index in [2.05, 4.69) is 15.7 Å². The molecule has 138 valence electrons. The van der Waals surface area contributed by atoms with Gasteiger partial charge in [-0.25, -0.2) is 0 Å². The number of rotatable bonds is 7. The van der Waals surface area contributed by atoms with Crippen molar-refractivity contribution in [3.8, 4) is 0 Å². The zero-order valence-electron chi connectivity index (χ0n) is 14.7. The van der Waals surface area contributed by atoms with E-state index in [-0.39, 0.29) is 30.5 Å². The Hall–Kier alpha value is -1.60. The number of aromatic nitrogens is 2. The molecule has 0 aliphatic heterocycles. The number of amides is 1. The van der Waals surface area contributed by atoms with E-state index in [9.17, 15) is 4.79 Å². The Morgan fingerprint density at radius 1 is 1.28 bits per heavy atom. The van der Waals surface area contributed by atoms with Gasteiger partial charge in [0.15, 0.2) is 0 Å². The standard InChI is InChI=1S/C17H23ClN4O2.ClH/c1-11(16(24-4)12-5-7-14(18)8-6-12)21-17(23)15(19-2)13-9-20-22(3)10-13;/h5-11,15-16,19H,1-4H3,(H,21,23);1H. The SMILES string of the molecule is CNC(C(=O)NC(C)C(OC)c1ccc(Cl)cc1)c1cnn(C)c1.Cl. The van der Waals surface area contributed by atoms with Gasteiger partial charge < -0.3 is 15.4 Å². The molecule has 3 atom stereocenters. The van der Waals surface area contributed by atoms with Gasteiger partial charge in [-0.05, 0) is 31.7 Å². The number of hydrogen-bond acceptors (Lipinski definition) is 4. The summed E-state index contributed by atoms with van der Waals surface area (Å²) in [7, 11) is 5.19. The van der Waals surface area contributed by atoms with E-state index in [1.165, 1.54) is 0 Å². The molecule has 25 heavy (non-hydrogen) atoms. The predicted molar refractivity (Wildman–Crippen MR) is 101 cm³/mol. The van der Waals surface area contributed by atoms with Crippen LogP contribution >= 0.6 is 24.0 Å². The van der Waals surface area contributed by atoms with Crippen LogP contribution in [0, 0.1) is 0 Å². The Balaban J connectivity index is 0.00000312. The molecule has 0 aliphatic rings. The molecule has 0 saturated heterocycles. The highest BCUT2D eigenvalue weighted by Crippen LogP contribution is 2.23. The molecule has 8 heteroatoms. The first-order valence-corrected chi connectivity index (χ1v) is 8.08. The largest absolute Gasteiger partial charge is 0.375 e. The van der Waals surface area contributed by atoms with Gasteiger partial charge in [0.05, 0.1) is 12.2 Å². The van der Waals surface area contributed by atoms with Crippen molar-refractivity contribution < 1.29 is 9.53 Å². The van der Waals surface area contributed by atoms with Crippen LogP contribution in [-0.2, 0) is 16.6 Å². The second kappa shape index (κ2) is 9.77. The monoisotopic (exact) mass is 386 g/mol. The molecule has 1 aromatic heterocycles. The van der Waals surface area contributed by atoms with E-state index < -0.39 is 6.04 Å². The van der Waals surface area contributed by atoms with Gasteiger partial charge in [0, 0.05) is 30.9 Å². The Morgan fingerprint density at radius 2 is 1.92 bits per heavy atom. The summed E-state index contributed by atoms with van der Waals surface area (Å²) in [6, 6.07) is 6.73. The molecular formula is C17H24Cl2N4O2. The molecule has 2 aromatic rings. The number of aryl methyl sites for hydroxylation is 1. The average molecular weight is 387 g/mol. The van der Waals surface area contributed by atoms with Crippen LogP contribution in [-0.4, -0.2) is 35.9 Å². The maximum atomic E-state index is 12.6. The van der Waals surface area contributed by atoms with Crippen LogP contribution in [0.2, 0.25) is 5.02 Å². The molecule has 6 nitrogen and oxygen atoms in total. The van der Waals surface area contributed by atoms with E-state index in [0.717, 1.165) is 11.1 Å². The summed E-state index contributed by atoms with van der Waals surface area (Å²) in [5, 5.41) is 10.8. The molecule has 0 aliphatic carbocycles. The number of methoxy groups -OCH3 is 1. The van der Waals surface area contributed by atoms with Gasteiger partial charge in [-0.15, -0.1) is 12.4 Å². The molecule has 1 aromatic carbocycles. The lowest BCUT2D eigenvalue weighted by Crippen LogP contribution is -2.43. The van der Waals surface area contributed by atoms with Crippen molar-refractivity contribution in [2.24, 2.45) is 7.05 Å². The summed E-state index contributed by atoms with van der Waals surface area (Å²) < 4.78 is 7.24. The van der Waals surface area contributed by atoms with E-state index in [0.29, 0.717) is 5.02 Å². The van der Waals surface area contributed by atoms with Gasteiger partial charge in [-0.3, -0.25) is 9.48 Å². The Morgan fingerprint density at radius 3 is 2.40 bits per heavy atom. The minimum Gasteiger partial charge on any atom is -0.375 e. The Bertz CT molecular complexity index is 676. The number of hydrogen-bond donors (Lipinski definition) is 2. The van der Waals surface area contributed by atoms with Crippen molar-refractivity contribution >= 4 is 29.9 Å². The van der Waals surface area contributed by atoms with Crippen molar-refractivity contribution in [2.75, 3.05) is 14.2 Å². The van der Waals surface area contributed by atoms with Gasteiger partial charge in [0.2, 0.25) is 5.91 Å². The highest BCUT2D eigenvalue weighted by Gasteiger charge is 2.26. The lowest BCUT2D eigenvalue weighted by Gasteiger charge is -2.26. The number of benzene rings is 1. The number of nitrogens with zero attached hydrogens (tertiary/aromatic N) is 2. The van der Waals surface area contributed by atoms with Crippen LogP contribution in [0.4, 0.5) is 0 Å². The third-order valence-electron chi connectivity index (χ3n) is 3.89. The highest BCUT2D eigenvalue weighted by molar-refractivity contribution is 6.30. The van der Waals surface area contributed by atoms with Gasteiger partial charge in [0.25, 0.3) is 0 Å². The predicted octanol–water partition coefficient (Wildman–Crippen LogP) is 2.65. The first-order chi connectivity index (χ1) is 11.5. The van der Waals surface area contributed by atoms with Crippen molar-refractivity contribution in [3.63, 3.8) is 0 Å². The topological polar surface area (TPSA) is 68.2 Å². The van der Waals surface area contributed by atoms with Gasteiger partial charge in [-0.2, -0.15) is 5.10 Å². The maximum absolute atomic E-state index is 12.6. The first-order valence-electron chi connectivity index (χ1n) is 7.70. The maximum Gasteiger partial charge on any atom is 0.242 e. The molecule has 2 rings (SSSR count). The normalized spacial score (nSPS) is 14.3. The number of halogens is 2. The number of carbonyl (C=O) groups is 1. The molecule has 2 N–H and O–H groups in total. The van der Waals surface area contributed by atoms with E-state index in [4.69, 9.17) is 16.3 Å². The fraction of sp³-hybridized carbons (Fsp3) is 0.412. The van der Waals surface area contributed by atoms with Gasteiger partial charge in [-0.1, -0.05) is 23.7 Å². The van der Waals surface area contributed by atoms with E-state index in [1.807, 2.05) is 44.4 Å². The third kappa shape index (κ3) is 5.44.